The molecule has 1 aromatic rings. The number of benzene rings is 1. The van der Waals surface area contributed by atoms with Crippen LogP contribution in [0.3, 0.4) is 0 Å². The molecule has 0 atom stereocenters. The van der Waals surface area contributed by atoms with E-state index in [2.05, 4.69) is 15.4 Å². The summed E-state index contributed by atoms with van der Waals surface area (Å²) < 4.78 is 15.1. The zero-order chi connectivity index (χ0) is 15.7. The smallest absolute Gasteiger partial charge is 0.341 e. The van der Waals surface area contributed by atoms with E-state index in [0.717, 1.165) is 0 Å². The first kappa shape index (κ1) is 20.0. The number of halogens is 1. The topological polar surface area (TPSA) is 85.9 Å². The SMILES string of the molecule is CNCCNC(=O)COc1ccc(OC)cc1C(=O)OC.Cl. The summed E-state index contributed by atoms with van der Waals surface area (Å²) in [5.74, 6) is -0.0518. The zero-order valence-corrected chi connectivity index (χ0v) is 13.6. The van der Waals surface area contributed by atoms with Crippen molar-refractivity contribution in [2.75, 3.05) is 41.0 Å². The van der Waals surface area contributed by atoms with Crippen LogP contribution in [0.1, 0.15) is 10.4 Å². The van der Waals surface area contributed by atoms with Gasteiger partial charge < -0.3 is 24.8 Å². The highest BCUT2D eigenvalue weighted by molar-refractivity contribution is 5.93. The molecule has 124 valence electrons. The second kappa shape index (κ2) is 10.7. The Labute approximate surface area is 135 Å². The third kappa shape index (κ3) is 6.19. The molecule has 0 unspecified atom stereocenters. The fourth-order valence-electron chi connectivity index (χ4n) is 1.55. The number of methoxy groups -OCH3 is 2. The van der Waals surface area contributed by atoms with E-state index in [1.807, 2.05) is 0 Å². The molecule has 0 heterocycles. The van der Waals surface area contributed by atoms with Crippen LogP contribution in [0.15, 0.2) is 18.2 Å². The Morgan fingerprint density at radius 3 is 2.50 bits per heavy atom. The molecule has 0 aliphatic rings. The molecule has 0 radical (unpaired) electrons. The molecule has 0 bridgehead atoms. The van der Waals surface area contributed by atoms with Gasteiger partial charge in [-0.25, -0.2) is 4.79 Å². The molecular formula is C14H21ClN2O5. The number of rotatable bonds is 8. The summed E-state index contributed by atoms with van der Waals surface area (Å²) >= 11 is 0. The summed E-state index contributed by atoms with van der Waals surface area (Å²) in [6.45, 7) is 0.993. The van der Waals surface area contributed by atoms with Crippen molar-refractivity contribution in [3.8, 4) is 11.5 Å². The van der Waals surface area contributed by atoms with Crippen LogP contribution in [0.4, 0.5) is 0 Å². The largest absolute Gasteiger partial charge is 0.497 e. The summed E-state index contributed by atoms with van der Waals surface area (Å²) in [5.41, 5.74) is 0.208. The molecule has 22 heavy (non-hydrogen) atoms. The van der Waals surface area contributed by atoms with E-state index >= 15 is 0 Å². The van der Waals surface area contributed by atoms with E-state index in [1.54, 1.807) is 19.2 Å². The predicted octanol–water partition coefficient (Wildman–Crippen LogP) is 0.618. The van der Waals surface area contributed by atoms with Crippen LogP contribution in [-0.2, 0) is 9.53 Å². The maximum absolute atomic E-state index is 11.7. The molecule has 1 amide bonds. The van der Waals surface area contributed by atoms with Gasteiger partial charge in [-0.15, -0.1) is 12.4 Å². The number of hydrogen-bond donors (Lipinski definition) is 2. The molecule has 0 aliphatic carbocycles. The lowest BCUT2D eigenvalue weighted by Crippen LogP contribution is -2.34. The van der Waals surface area contributed by atoms with Crippen LogP contribution in [0, 0.1) is 0 Å². The number of amides is 1. The zero-order valence-electron chi connectivity index (χ0n) is 12.8. The van der Waals surface area contributed by atoms with Gasteiger partial charge in [0.2, 0.25) is 0 Å². The summed E-state index contributed by atoms with van der Waals surface area (Å²) in [4.78, 5) is 23.3. The Kier molecular flexibility index (Phi) is 9.73. The predicted molar refractivity (Wildman–Crippen MR) is 84.0 cm³/mol. The normalized spacial score (nSPS) is 9.41. The average Bonchev–Trinajstić information content (AvgIpc) is 2.52. The Morgan fingerprint density at radius 2 is 1.91 bits per heavy atom. The highest BCUT2D eigenvalue weighted by atomic mass is 35.5. The second-order valence-corrected chi connectivity index (χ2v) is 4.10. The lowest BCUT2D eigenvalue weighted by atomic mass is 10.2. The minimum Gasteiger partial charge on any atom is -0.497 e. The second-order valence-electron chi connectivity index (χ2n) is 4.10. The van der Waals surface area contributed by atoms with E-state index in [1.165, 1.54) is 20.3 Å². The van der Waals surface area contributed by atoms with Gasteiger partial charge in [0.15, 0.2) is 6.61 Å². The van der Waals surface area contributed by atoms with Gasteiger partial charge in [-0.2, -0.15) is 0 Å². The lowest BCUT2D eigenvalue weighted by Gasteiger charge is -2.11. The molecule has 0 aromatic heterocycles. The fraction of sp³-hybridized carbons (Fsp3) is 0.429. The lowest BCUT2D eigenvalue weighted by molar-refractivity contribution is -0.123. The fourth-order valence-corrected chi connectivity index (χ4v) is 1.55. The maximum Gasteiger partial charge on any atom is 0.341 e. The van der Waals surface area contributed by atoms with Gasteiger partial charge in [-0.1, -0.05) is 0 Å². The quantitative estimate of drug-likeness (QED) is 0.536. The summed E-state index contributed by atoms with van der Waals surface area (Å²) in [6.07, 6.45) is 0. The molecule has 8 heteroatoms. The highest BCUT2D eigenvalue weighted by Gasteiger charge is 2.15. The van der Waals surface area contributed by atoms with Crippen molar-refractivity contribution in [2.24, 2.45) is 0 Å². The van der Waals surface area contributed by atoms with Gasteiger partial charge in [-0.05, 0) is 25.2 Å². The third-order valence-electron chi connectivity index (χ3n) is 2.65. The molecule has 0 saturated carbocycles. The van der Waals surface area contributed by atoms with Crippen molar-refractivity contribution in [3.05, 3.63) is 23.8 Å². The molecule has 1 aromatic carbocycles. The van der Waals surface area contributed by atoms with Gasteiger partial charge in [0, 0.05) is 13.1 Å². The van der Waals surface area contributed by atoms with Crippen LogP contribution in [0.25, 0.3) is 0 Å². The molecule has 0 saturated heterocycles. The van der Waals surface area contributed by atoms with Gasteiger partial charge in [0.05, 0.1) is 14.2 Å². The summed E-state index contributed by atoms with van der Waals surface area (Å²) in [5, 5.41) is 5.58. The molecule has 0 aliphatic heterocycles. The summed E-state index contributed by atoms with van der Waals surface area (Å²) in [6, 6.07) is 4.70. The van der Waals surface area contributed by atoms with Gasteiger partial charge in [-0.3, -0.25) is 4.79 Å². The minimum atomic E-state index is -0.556. The third-order valence-corrected chi connectivity index (χ3v) is 2.65. The van der Waals surface area contributed by atoms with E-state index in [-0.39, 0.29) is 36.2 Å². The standard InChI is InChI=1S/C14H20N2O5.ClH/c1-15-6-7-16-13(17)9-21-12-5-4-10(19-2)8-11(12)14(18)20-3;/h4-5,8,15H,6-7,9H2,1-3H3,(H,16,17);1H. The van der Waals surface area contributed by atoms with Crippen LogP contribution >= 0.6 is 12.4 Å². The monoisotopic (exact) mass is 332 g/mol. The van der Waals surface area contributed by atoms with Crippen molar-refractivity contribution in [1.82, 2.24) is 10.6 Å². The molecule has 0 spiro atoms. The number of likely N-dealkylation sites (N-methyl/N-ethyl adjacent to an activating group) is 1. The number of hydrogen-bond acceptors (Lipinski definition) is 6. The van der Waals surface area contributed by atoms with Crippen LogP contribution < -0.4 is 20.1 Å². The number of carbonyl (C=O) groups is 2. The molecular weight excluding hydrogens is 312 g/mol. The van der Waals surface area contributed by atoms with E-state index in [4.69, 9.17) is 9.47 Å². The Hall–Kier alpha value is -1.99. The van der Waals surface area contributed by atoms with E-state index < -0.39 is 5.97 Å². The van der Waals surface area contributed by atoms with Gasteiger partial charge >= 0.3 is 5.97 Å². The van der Waals surface area contributed by atoms with Gasteiger partial charge in [0.1, 0.15) is 17.1 Å². The first-order chi connectivity index (χ1) is 10.1. The number of nitrogens with one attached hydrogen (secondary N) is 2. The van der Waals surface area contributed by atoms with Crippen molar-refractivity contribution >= 4 is 24.3 Å². The highest BCUT2D eigenvalue weighted by Crippen LogP contribution is 2.24. The summed E-state index contributed by atoms with van der Waals surface area (Å²) in [7, 11) is 4.56. The van der Waals surface area contributed by atoms with Crippen LogP contribution in [0.2, 0.25) is 0 Å². The molecule has 2 N–H and O–H groups in total. The first-order valence-corrected chi connectivity index (χ1v) is 6.42. The van der Waals surface area contributed by atoms with Crippen LogP contribution in [-0.4, -0.2) is 52.8 Å². The number of ether oxygens (including phenoxy) is 3. The van der Waals surface area contributed by atoms with Crippen LogP contribution in [0.5, 0.6) is 11.5 Å². The van der Waals surface area contributed by atoms with E-state index in [9.17, 15) is 9.59 Å². The average molecular weight is 333 g/mol. The van der Waals surface area contributed by atoms with Crippen molar-refractivity contribution in [2.45, 2.75) is 0 Å². The molecule has 7 nitrogen and oxygen atoms in total. The number of esters is 1. The Balaban J connectivity index is 0.00000441. The minimum absolute atomic E-state index is 0. The van der Waals surface area contributed by atoms with Crippen molar-refractivity contribution in [3.63, 3.8) is 0 Å². The first-order valence-electron chi connectivity index (χ1n) is 6.42. The Bertz CT molecular complexity index is 496. The molecule has 0 fully saturated rings. The Morgan fingerprint density at radius 1 is 1.18 bits per heavy atom. The van der Waals surface area contributed by atoms with Gasteiger partial charge in [0.25, 0.3) is 5.91 Å². The maximum atomic E-state index is 11.7. The van der Waals surface area contributed by atoms with Crippen molar-refractivity contribution in [1.29, 1.82) is 0 Å². The van der Waals surface area contributed by atoms with Crippen molar-refractivity contribution < 1.29 is 23.8 Å². The molecule has 1 rings (SSSR count). The van der Waals surface area contributed by atoms with E-state index in [0.29, 0.717) is 18.8 Å². The number of carbonyl (C=O) groups excluding carboxylic acids is 2.